The molecule has 1 N–H and O–H groups in total. The van der Waals surface area contributed by atoms with Crippen molar-refractivity contribution < 1.29 is 18.9 Å². The van der Waals surface area contributed by atoms with Crippen molar-refractivity contribution in [3.05, 3.63) is 91.8 Å². The summed E-state index contributed by atoms with van der Waals surface area (Å²) < 4.78 is 6.70. The van der Waals surface area contributed by atoms with Gasteiger partial charge in [0.05, 0.1) is 11.5 Å². The number of nitrogens with one attached hydrogen (secondary N) is 1. The number of amides is 3. The Morgan fingerprint density at radius 2 is 1.87 bits per heavy atom. The van der Waals surface area contributed by atoms with Crippen LogP contribution >= 0.6 is 15.9 Å². The zero-order valence-electron chi connectivity index (χ0n) is 16.3. The molecule has 8 nitrogen and oxygen atoms in total. The molecule has 1 aromatic heterocycles. The SMILES string of the molecule is Cc1cc([N+](=O)[O-])ccc1-c1ccc(/C=C2\NC(=O)N(Cc3ccc(Br)cc3)C2=O)o1. The van der Waals surface area contributed by atoms with Gasteiger partial charge < -0.3 is 9.73 Å². The first-order valence-electron chi connectivity index (χ1n) is 9.26. The predicted molar refractivity (Wildman–Crippen MR) is 117 cm³/mol. The number of halogens is 1. The molecular weight excluding hydrogens is 466 g/mol. The van der Waals surface area contributed by atoms with E-state index in [0.717, 1.165) is 14.9 Å². The summed E-state index contributed by atoms with van der Waals surface area (Å²) in [6.45, 7) is 1.91. The molecule has 3 aromatic rings. The second kappa shape index (κ2) is 8.19. The maximum atomic E-state index is 12.7. The van der Waals surface area contributed by atoms with E-state index >= 15 is 0 Å². The quantitative estimate of drug-likeness (QED) is 0.238. The van der Waals surface area contributed by atoms with E-state index < -0.39 is 16.9 Å². The Morgan fingerprint density at radius 1 is 1.13 bits per heavy atom. The Hall–Kier alpha value is -3.72. The minimum atomic E-state index is -0.503. The molecule has 1 fully saturated rings. The fraction of sp³-hybridized carbons (Fsp3) is 0.0909. The normalized spacial score (nSPS) is 14.9. The Balaban J connectivity index is 1.54. The topological polar surface area (TPSA) is 106 Å². The van der Waals surface area contributed by atoms with Gasteiger partial charge in [0.25, 0.3) is 11.6 Å². The van der Waals surface area contributed by atoms with Crippen molar-refractivity contribution >= 4 is 39.6 Å². The molecule has 0 radical (unpaired) electrons. The van der Waals surface area contributed by atoms with E-state index in [2.05, 4.69) is 21.2 Å². The number of furan rings is 1. The van der Waals surface area contributed by atoms with E-state index in [-0.39, 0.29) is 17.9 Å². The molecule has 0 aliphatic carbocycles. The summed E-state index contributed by atoms with van der Waals surface area (Å²) in [7, 11) is 0. The molecule has 0 saturated carbocycles. The number of urea groups is 1. The van der Waals surface area contributed by atoms with Crippen LogP contribution in [-0.2, 0) is 11.3 Å². The zero-order chi connectivity index (χ0) is 22.1. The van der Waals surface area contributed by atoms with E-state index in [9.17, 15) is 19.7 Å². The number of benzene rings is 2. The van der Waals surface area contributed by atoms with E-state index in [1.54, 1.807) is 25.1 Å². The number of imide groups is 1. The fourth-order valence-corrected chi connectivity index (χ4v) is 3.51. The second-order valence-corrected chi connectivity index (χ2v) is 7.88. The third-order valence-corrected chi connectivity index (χ3v) is 5.34. The number of nitro benzene ring substituents is 1. The van der Waals surface area contributed by atoms with Crippen molar-refractivity contribution in [2.75, 3.05) is 0 Å². The van der Waals surface area contributed by atoms with Crippen molar-refractivity contribution in [1.82, 2.24) is 10.2 Å². The van der Waals surface area contributed by atoms with Crippen LogP contribution in [0.3, 0.4) is 0 Å². The molecule has 9 heteroatoms. The Morgan fingerprint density at radius 3 is 2.55 bits per heavy atom. The minimum Gasteiger partial charge on any atom is -0.457 e. The molecule has 156 valence electrons. The van der Waals surface area contributed by atoms with Gasteiger partial charge in [-0.15, -0.1) is 0 Å². The summed E-state index contributed by atoms with van der Waals surface area (Å²) in [6.07, 6.45) is 1.46. The molecule has 4 rings (SSSR count). The molecule has 2 aromatic carbocycles. The van der Waals surface area contributed by atoms with E-state index in [4.69, 9.17) is 4.42 Å². The Kier molecular flexibility index (Phi) is 5.43. The smallest absolute Gasteiger partial charge is 0.329 e. The molecule has 2 heterocycles. The number of carbonyl (C=O) groups excluding carboxylic acids is 2. The van der Waals surface area contributed by atoms with Crippen LogP contribution < -0.4 is 5.32 Å². The summed E-state index contributed by atoms with van der Waals surface area (Å²) in [5, 5.41) is 13.5. The lowest BCUT2D eigenvalue weighted by atomic mass is 10.1. The molecule has 0 unspecified atom stereocenters. The molecule has 0 bridgehead atoms. The van der Waals surface area contributed by atoms with Gasteiger partial charge in [-0.1, -0.05) is 28.1 Å². The predicted octanol–water partition coefficient (Wildman–Crippen LogP) is 5.02. The number of non-ortho nitro benzene ring substituents is 1. The maximum absolute atomic E-state index is 12.7. The number of rotatable bonds is 5. The average Bonchev–Trinajstić information content (AvgIpc) is 3.29. The number of nitro groups is 1. The van der Waals surface area contributed by atoms with Gasteiger partial charge >= 0.3 is 6.03 Å². The first-order chi connectivity index (χ1) is 14.8. The van der Waals surface area contributed by atoms with Crippen molar-refractivity contribution in [2.45, 2.75) is 13.5 Å². The molecule has 1 aliphatic rings. The van der Waals surface area contributed by atoms with Crippen LogP contribution in [0.25, 0.3) is 17.4 Å². The summed E-state index contributed by atoms with van der Waals surface area (Å²) in [4.78, 5) is 36.5. The van der Waals surface area contributed by atoms with Crippen molar-refractivity contribution in [3.63, 3.8) is 0 Å². The van der Waals surface area contributed by atoms with Crippen molar-refractivity contribution in [1.29, 1.82) is 0 Å². The van der Waals surface area contributed by atoms with Gasteiger partial charge in [-0.3, -0.25) is 19.8 Å². The van der Waals surface area contributed by atoms with Crippen LogP contribution in [0.2, 0.25) is 0 Å². The zero-order valence-corrected chi connectivity index (χ0v) is 17.9. The number of nitrogens with zero attached hydrogens (tertiary/aromatic N) is 2. The third kappa shape index (κ3) is 4.26. The molecule has 1 saturated heterocycles. The summed E-state index contributed by atoms with van der Waals surface area (Å²) in [5.41, 5.74) is 2.33. The highest BCUT2D eigenvalue weighted by molar-refractivity contribution is 9.10. The lowest BCUT2D eigenvalue weighted by Gasteiger charge is -2.11. The monoisotopic (exact) mass is 481 g/mol. The maximum Gasteiger partial charge on any atom is 0.329 e. The first-order valence-corrected chi connectivity index (χ1v) is 10.1. The van der Waals surface area contributed by atoms with Gasteiger partial charge in [-0.25, -0.2) is 4.79 Å². The number of hydrogen-bond donors (Lipinski definition) is 1. The number of hydrogen-bond acceptors (Lipinski definition) is 5. The molecular formula is C22H16BrN3O5. The van der Waals surface area contributed by atoms with E-state index in [0.29, 0.717) is 22.6 Å². The summed E-state index contributed by atoms with van der Waals surface area (Å²) >= 11 is 3.35. The molecule has 3 amide bonds. The molecule has 31 heavy (non-hydrogen) atoms. The highest BCUT2D eigenvalue weighted by atomic mass is 79.9. The van der Waals surface area contributed by atoms with Crippen LogP contribution in [0.15, 0.2) is 69.2 Å². The van der Waals surface area contributed by atoms with Crippen molar-refractivity contribution in [3.8, 4) is 11.3 Å². The van der Waals surface area contributed by atoms with E-state index in [1.165, 1.54) is 18.2 Å². The van der Waals surface area contributed by atoms with Crippen molar-refractivity contribution in [2.24, 2.45) is 0 Å². The molecule has 1 aliphatic heterocycles. The van der Waals surface area contributed by atoms with Crippen LogP contribution in [0, 0.1) is 17.0 Å². The Bertz CT molecular complexity index is 1230. The standard InChI is InChI=1S/C22H16BrN3O5/c1-13-10-16(26(29)30)6-8-18(13)20-9-7-17(31-20)11-19-21(27)25(22(28)24-19)12-14-2-4-15(23)5-3-14/h2-11H,12H2,1H3,(H,24,28)/b19-11-. The van der Waals surface area contributed by atoms with Crippen LogP contribution in [0.4, 0.5) is 10.5 Å². The highest BCUT2D eigenvalue weighted by Gasteiger charge is 2.33. The first kappa shape index (κ1) is 20.5. The van der Waals surface area contributed by atoms with Gasteiger partial charge in [0, 0.05) is 28.2 Å². The third-order valence-electron chi connectivity index (χ3n) is 4.82. The van der Waals surface area contributed by atoms with Crippen LogP contribution in [0.1, 0.15) is 16.9 Å². The van der Waals surface area contributed by atoms with Gasteiger partial charge in [0.1, 0.15) is 17.2 Å². The van der Waals surface area contributed by atoms with Gasteiger partial charge in [0.15, 0.2) is 0 Å². The fourth-order valence-electron chi connectivity index (χ4n) is 3.24. The largest absolute Gasteiger partial charge is 0.457 e. The molecule has 0 spiro atoms. The van der Waals surface area contributed by atoms with Crippen LogP contribution in [0.5, 0.6) is 0 Å². The lowest BCUT2D eigenvalue weighted by Crippen LogP contribution is -2.30. The number of aryl methyl sites for hydroxylation is 1. The summed E-state index contributed by atoms with van der Waals surface area (Å²) in [6, 6.07) is 14.7. The average molecular weight is 482 g/mol. The van der Waals surface area contributed by atoms with Gasteiger partial charge in [-0.2, -0.15) is 0 Å². The lowest BCUT2D eigenvalue weighted by molar-refractivity contribution is -0.384. The van der Waals surface area contributed by atoms with Gasteiger partial charge in [-0.05, 0) is 48.4 Å². The summed E-state index contributed by atoms with van der Waals surface area (Å²) in [5.74, 6) is 0.432. The van der Waals surface area contributed by atoms with E-state index in [1.807, 2.05) is 24.3 Å². The Labute approximate surface area is 185 Å². The van der Waals surface area contributed by atoms with Gasteiger partial charge in [0.2, 0.25) is 0 Å². The second-order valence-electron chi connectivity index (χ2n) is 6.96. The minimum absolute atomic E-state index is 0.000257. The number of carbonyl (C=O) groups is 2. The highest BCUT2D eigenvalue weighted by Crippen LogP contribution is 2.29. The van der Waals surface area contributed by atoms with Crippen LogP contribution in [-0.4, -0.2) is 21.8 Å². The molecule has 0 atom stereocenters.